The molecule has 162 valence electrons. The van der Waals surface area contributed by atoms with Crippen molar-refractivity contribution in [3.63, 3.8) is 0 Å². The number of carbonyl (C=O) groups is 1. The summed E-state index contributed by atoms with van der Waals surface area (Å²) in [4.78, 5) is 19.9. The van der Waals surface area contributed by atoms with E-state index in [4.69, 9.17) is 9.73 Å². The largest absolute Gasteiger partial charge is 0.412 e. The smallest absolute Gasteiger partial charge is 0.410 e. The van der Waals surface area contributed by atoms with Crippen molar-refractivity contribution in [3.05, 3.63) is 23.8 Å². The lowest BCUT2D eigenvalue weighted by Gasteiger charge is -2.39. The first kappa shape index (κ1) is 19.9. The highest BCUT2D eigenvalue weighted by Gasteiger charge is 2.46. The predicted molar refractivity (Wildman–Crippen MR) is 119 cm³/mol. The van der Waals surface area contributed by atoms with Crippen LogP contribution in [0.5, 0.6) is 5.75 Å². The molecule has 1 aromatic rings. The summed E-state index contributed by atoms with van der Waals surface area (Å²) < 4.78 is 5.56. The van der Waals surface area contributed by atoms with Crippen LogP contribution in [0.3, 0.4) is 0 Å². The summed E-state index contributed by atoms with van der Waals surface area (Å²) >= 11 is 0. The van der Waals surface area contributed by atoms with Crippen LogP contribution in [0.2, 0.25) is 0 Å². The number of rotatable bonds is 7. The van der Waals surface area contributed by atoms with Gasteiger partial charge in [0.05, 0.1) is 5.69 Å². The van der Waals surface area contributed by atoms with Gasteiger partial charge in [0.25, 0.3) is 0 Å². The number of fused-ring (bicyclic) bond motifs is 1. The molecule has 2 aliphatic carbocycles. The van der Waals surface area contributed by atoms with E-state index in [1.807, 2.05) is 18.2 Å². The Morgan fingerprint density at radius 2 is 1.90 bits per heavy atom. The van der Waals surface area contributed by atoms with Crippen LogP contribution >= 0.6 is 0 Å². The monoisotopic (exact) mass is 409 g/mol. The zero-order valence-electron chi connectivity index (χ0n) is 18.2. The maximum absolute atomic E-state index is 12.2. The average Bonchev–Trinajstić information content (AvgIpc) is 2.89. The van der Waals surface area contributed by atoms with Crippen LogP contribution in [0.15, 0.2) is 23.2 Å². The van der Waals surface area contributed by atoms with E-state index in [0.717, 1.165) is 36.9 Å². The van der Waals surface area contributed by atoms with Crippen LogP contribution in [0.1, 0.15) is 76.7 Å². The maximum atomic E-state index is 12.2. The molecular weight excluding hydrogens is 374 g/mol. The summed E-state index contributed by atoms with van der Waals surface area (Å²) in [5.74, 6) is 4.40. The minimum absolute atomic E-state index is 0.351. The van der Waals surface area contributed by atoms with Gasteiger partial charge in [0.1, 0.15) is 11.6 Å². The Kier molecular flexibility index (Phi) is 5.70. The quantitative estimate of drug-likeness (QED) is 0.579. The number of nitrogens with zero attached hydrogens (tertiary/aromatic N) is 2. The van der Waals surface area contributed by atoms with Gasteiger partial charge in [-0.05, 0) is 68.6 Å². The molecule has 2 saturated heterocycles. The summed E-state index contributed by atoms with van der Waals surface area (Å²) in [6.45, 7) is 3.80. The van der Waals surface area contributed by atoms with Crippen molar-refractivity contribution in [1.29, 1.82) is 0 Å². The van der Waals surface area contributed by atoms with Crippen LogP contribution in [0, 0.1) is 17.8 Å². The van der Waals surface area contributed by atoms with E-state index in [1.165, 1.54) is 62.8 Å². The number of nitrogens with one attached hydrogen (secondary N) is 1. The normalized spacial score (nSPS) is 28.4. The van der Waals surface area contributed by atoms with Gasteiger partial charge in [-0.15, -0.1) is 0 Å². The summed E-state index contributed by atoms with van der Waals surface area (Å²) in [7, 11) is 0. The van der Waals surface area contributed by atoms with Crippen LogP contribution in [-0.4, -0.2) is 29.4 Å². The maximum Gasteiger partial charge on any atom is 0.412 e. The minimum atomic E-state index is -0.351. The fraction of sp³-hybridized carbons (Fsp3) is 0.680. The van der Waals surface area contributed by atoms with E-state index in [-0.39, 0.29) is 6.09 Å². The third kappa shape index (κ3) is 4.08. The molecule has 1 amide bonds. The number of amides is 1. The van der Waals surface area contributed by atoms with E-state index in [0.29, 0.717) is 24.3 Å². The summed E-state index contributed by atoms with van der Waals surface area (Å²) in [6, 6.07) is 6.59. The third-order valence-electron chi connectivity index (χ3n) is 7.60. The van der Waals surface area contributed by atoms with Gasteiger partial charge in [-0.3, -0.25) is 0 Å². The Balaban J connectivity index is 1.22. The molecule has 5 nitrogen and oxygen atoms in total. The third-order valence-corrected chi connectivity index (χ3v) is 7.60. The number of amidine groups is 1. The summed E-state index contributed by atoms with van der Waals surface area (Å²) in [6.07, 6.45) is 12.3. The molecule has 0 radical (unpaired) electrons. The van der Waals surface area contributed by atoms with Gasteiger partial charge in [-0.2, -0.15) is 0 Å². The number of unbranched alkanes of at least 4 members (excludes halogenated alkanes) is 4. The fourth-order valence-corrected chi connectivity index (χ4v) is 6.30. The molecule has 3 heterocycles. The van der Waals surface area contributed by atoms with Gasteiger partial charge in [0.2, 0.25) is 0 Å². The molecule has 5 aliphatic rings. The second-order valence-corrected chi connectivity index (χ2v) is 9.88. The van der Waals surface area contributed by atoms with Crippen molar-refractivity contribution in [2.45, 2.75) is 83.7 Å². The Bertz CT molecular complexity index is 807. The first-order valence-electron chi connectivity index (χ1n) is 12.1. The van der Waals surface area contributed by atoms with Crippen LogP contribution in [-0.2, 0) is 6.54 Å². The number of carbonyl (C=O) groups excluding carboxylic acids is 1. The minimum Gasteiger partial charge on any atom is -0.410 e. The highest BCUT2D eigenvalue weighted by molar-refractivity contribution is 5.90. The van der Waals surface area contributed by atoms with E-state index in [1.54, 1.807) is 0 Å². The standard InChI is InChI=1S/C25H35N3O2/c1-2-3-4-5-6-9-26-25(29)30-22-7-8-23-20(15-22)16-28-21-13-17-10-18(14-21)12-19(11-17)24(28)27-23/h7-8,15,17-19,21H,2-6,9-14,16H2,1H3,(H,26,29). The number of ether oxygens (including phenoxy) is 1. The lowest BCUT2D eigenvalue weighted by atomic mass is 9.68. The van der Waals surface area contributed by atoms with E-state index >= 15 is 0 Å². The lowest BCUT2D eigenvalue weighted by molar-refractivity contribution is 0.128. The zero-order valence-corrected chi connectivity index (χ0v) is 18.2. The average molecular weight is 410 g/mol. The molecule has 4 fully saturated rings. The molecule has 2 saturated carbocycles. The molecule has 1 aromatic carbocycles. The van der Waals surface area contributed by atoms with Gasteiger partial charge in [0, 0.05) is 30.6 Å². The highest BCUT2D eigenvalue weighted by Crippen LogP contribution is 2.50. The number of aliphatic imine (C=N–C) groups is 1. The van der Waals surface area contributed by atoms with Crippen molar-refractivity contribution >= 4 is 17.6 Å². The second-order valence-electron chi connectivity index (χ2n) is 9.88. The second kappa shape index (κ2) is 8.60. The van der Waals surface area contributed by atoms with Crippen LogP contribution in [0.25, 0.3) is 0 Å². The van der Waals surface area contributed by atoms with Crippen molar-refractivity contribution < 1.29 is 9.53 Å². The van der Waals surface area contributed by atoms with Crippen molar-refractivity contribution in [3.8, 4) is 5.75 Å². The molecule has 0 spiro atoms. The van der Waals surface area contributed by atoms with Gasteiger partial charge in [-0.25, -0.2) is 9.79 Å². The molecule has 6 rings (SSSR count). The van der Waals surface area contributed by atoms with Gasteiger partial charge in [0.15, 0.2) is 0 Å². The Morgan fingerprint density at radius 1 is 1.10 bits per heavy atom. The first-order chi connectivity index (χ1) is 14.7. The molecule has 4 bridgehead atoms. The SMILES string of the molecule is CCCCCCCNC(=O)Oc1ccc2c(c1)CN1C(=N2)C2CC3CC(C2)CC1C3. The van der Waals surface area contributed by atoms with E-state index in [9.17, 15) is 4.79 Å². The Labute approximate surface area is 180 Å². The molecule has 0 aromatic heterocycles. The van der Waals surface area contributed by atoms with Gasteiger partial charge in [-0.1, -0.05) is 32.6 Å². The van der Waals surface area contributed by atoms with Crippen molar-refractivity contribution in [1.82, 2.24) is 10.2 Å². The fourth-order valence-electron chi connectivity index (χ4n) is 6.30. The molecule has 1 N–H and O–H groups in total. The number of benzene rings is 1. The number of hydrogen-bond donors (Lipinski definition) is 1. The molecule has 5 heteroatoms. The lowest BCUT2D eigenvalue weighted by Crippen LogP contribution is -2.41. The molecule has 2 unspecified atom stereocenters. The van der Waals surface area contributed by atoms with Gasteiger partial charge >= 0.3 is 6.09 Å². The molecular formula is C25H35N3O2. The topological polar surface area (TPSA) is 53.9 Å². The van der Waals surface area contributed by atoms with Crippen LogP contribution < -0.4 is 10.1 Å². The van der Waals surface area contributed by atoms with Crippen molar-refractivity contribution in [2.75, 3.05) is 6.54 Å². The number of hydrogen-bond acceptors (Lipinski definition) is 4. The Hall–Kier alpha value is -2.04. The zero-order chi connectivity index (χ0) is 20.5. The van der Waals surface area contributed by atoms with E-state index < -0.39 is 0 Å². The summed E-state index contributed by atoms with van der Waals surface area (Å²) in [5, 5.41) is 2.88. The predicted octanol–water partition coefficient (Wildman–Crippen LogP) is 5.80. The summed E-state index contributed by atoms with van der Waals surface area (Å²) in [5.41, 5.74) is 2.25. The van der Waals surface area contributed by atoms with E-state index in [2.05, 4.69) is 17.1 Å². The van der Waals surface area contributed by atoms with Gasteiger partial charge < -0.3 is 15.0 Å². The van der Waals surface area contributed by atoms with Crippen molar-refractivity contribution in [2.24, 2.45) is 22.7 Å². The van der Waals surface area contributed by atoms with Crippen LogP contribution in [0.4, 0.5) is 10.5 Å². The highest BCUT2D eigenvalue weighted by atomic mass is 16.6. The molecule has 30 heavy (non-hydrogen) atoms. The molecule has 3 aliphatic heterocycles. The molecule has 2 atom stereocenters. The Morgan fingerprint density at radius 3 is 2.70 bits per heavy atom. The first-order valence-corrected chi connectivity index (χ1v) is 12.1.